The minimum atomic E-state index is -0.443. The van der Waals surface area contributed by atoms with Gasteiger partial charge in [-0.2, -0.15) is 0 Å². The molecule has 5 N–H and O–H groups in total. The van der Waals surface area contributed by atoms with Gasteiger partial charge in [0, 0.05) is 28.4 Å². The van der Waals surface area contributed by atoms with Gasteiger partial charge in [0.2, 0.25) is 5.91 Å². The number of benzene rings is 2. The largest absolute Gasteiger partial charge is 0.370 e. The molecule has 0 fully saturated rings. The van der Waals surface area contributed by atoms with Crippen LogP contribution in [0.25, 0.3) is 10.9 Å². The number of amidine groups is 1. The molecule has 1 aliphatic rings. The number of carbonyl (C=O) groups is 1. The monoisotopic (exact) mass is 378 g/mol. The molecule has 0 bridgehead atoms. The van der Waals surface area contributed by atoms with Gasteiger partial charge in [-0.25, -0.2) is 9.98 Å². The minimum absolute atomic E-state index is 0.111. The maximum Gasteiger partial charge on any atom is 0.234 e. The Bertz CT molecular complexity index is 1030. The molecule has 27 heavy (non-hydrogen) atoms. The predicted octanol–water partition coefficient (Wildman–Crippen LogP) is 2.81. The van der Waals surface area contributed by atoms with E-state index in [4.69, 9.17) is 5.73 Å². The number of nitrogens with one attached hydrogen (secondary N) is 3. The van der Waals surface area contributed by atoms with Crippen molar-refractivity contribution in [3.63, 3.8) is 0 Å². The number of thioether (sulfide) groups is 1. The number of para-hydroxylation sites is 2. The lowest BCUT2D eigenvalue weighted by Gasteiger charge is -2.18. The van der Waals surface area contributed by atoms with Crippen molar-refractivity contribution in [2.75, 3.05) is 11.1 Å². The van der Waals surface area contributed by atoms with E-state index in [9.17, 15) is 4.79 Å². The van der Waals surface area contributed by atoms with Gasteiger partial charge in [0.25, 0.3) is 0 Å². The molecule has 1 aliphatic heterocycles. The first-order valence-corrected chi connectivity index (χ1v) is 9.39. The van der Waals surface area contributed by atoms with Crippen LogP contribution in [-0.4, -0.2) is 27.8 Å². The molecule has 0 unspecified atom stereocenters. The quantitative estimate of drug-likeness (QED) is 0.560. The summed E-state index contributed by atoms with van der Waals surface area (Å²) in [7, 11) is 0. The van der Waals surface area contributed by atoms with E-state index in [-0.39, 0.29) is 17.6 Å². The topological polar surface area (TPSA) is 108 Å². The fourth-order valence-electron chi connectivity index (χ4n) is 2.82. The summed E-state index contributed by atoms with van der Waals surface area (Å²) in [4.78, 5) is 24.3. The average molecular weight is 378 g/mol. The first kappa shape index (κ1) is 17.2. The summed E-state index contributed by atoms with van der Waals surface area (Å²) >= 11 is 1.29. The third-order valence-corrected chi connectivity index (χ3v) is 4.92. The van der Waals surface area contributed by atoms with E-state index in [1.54, 1.807) is 0 Å². The maximum absolute atomic E-state index is 12.1. The van der Waals surface area contributed by atoms with Crippen molar-refractivity contribution >= 4 is 45.4 Å². The standard InChI is InChI=1S/C19H18N6OS/c20-18-23-17(14-10-21-15-9-5-4-8-13(14)15)24-19(25-18)27-11-16(26)22-12-6-2-1-3-7-12/h1-10,17,21H,11H2,(H,22,26)(H3,20,23,24,25)/t17-/m1/s1. The van der Waals surface area contributed by atoms with Crippen LogP contribution in [0.3, 0.4) is 0 Å². The summed E-state index contributed by atoms with van der Waals surface area (Å²) in [5.74, 6) is 0.390. The van der Waals surface area contributed by atoms with Crippen LogP contribution >= 0.6 is 11.8 Å². The molecule has 0 saturated heterocycles. The lowest BCUT2D eigenvalue weighted by Crippen LogP contribution is -2.39. The van der Waals surface area contributed by atoms with Crippen molar-refractivity contribution < 1.29 is 4.79 Å². The highest BCUT2D eigenvalue weighted by molar-refractivity contribution is 8.14. The van der Waals surface area contributed by atoms with Crippen molar-refractivity contribution in [2.45, 2.75) is 6.17 Å². The number of guanidine groups is 1. The normalized spacial score (nSPS) is 16.4. The molecule has 1 aromatic heterocycles. The van der Waals surface area contributed by atoms with Gasteiger partial charge in [0.05, 0.1) is 5.75 Å². The van der Waals surface area contributed by atoms with Gasteiger partial charge >= 0.3 is 0 Å². The van der Waals surface area contributed by atoms with E-state index in [2.05, 4.69) is 25.6 Å². The average Bonchev–Trinajstić information content (AvgIpc) is 3.11. The van der Waals surface area contributed by atoms with Crippen LogP contribution in [0.15, 0.2) is 70.8 Å². The highest BCUT2D eigenvalue weighted by atomic mass is 32.2. The van der Waals surface area contributed by atoms with Crippen LogP contribution in [-0.2, 0) is 4.79 Å². The Kier molecular flexibility index (Phi) is 4.80. The summed E-state index contributed by atoms with van der Waals surface area (Å²) in [6.45, 7) is 0. The molecule has 0 saturated carbocycles. The summed E-state index contributed by atoms with van der Waals surface area (Å²) in [6.07, 6.45) is 1.45. The molecular formula is C19H18N6OS. The zero-order valence-corrected chi connectivity index (χ0v) is 15.2. The van der Waals surface area contributed by atoms with E-state index in [1.807, 2.05) is 60.8 Å². The second-order valence-electron chi connectivity index (χ2n) is 5.94. The number of aliphatic imine (C=N–C) groups is 2. The molecule has 0 aliphatic carbocycles. The Labute approximate surface area is 160 Å². The summed E-state index contributed by atoms with van der Waals surface area (Å²) < 4.78 is 0. The Morgan fingerprint density at radius 1 is 1.11 bits per heavy atom. The number of fused-ring (bicyclic) bond motifs is 1. The molecule has 136 valence electrons. The number of H-pyrrole nitrogens is 1. The number of aromatic nitrogens is 1. The number of nitrogens with two attached hydrogens (primary N) is 1. The third-order valence-electron chi connectivity index (χ3n) is 4.03. The molecule has 3 aromatic rings. The SMILES string of the molecule is NC1=N[C@@H](c2c[nH]c3ccccc23)N=C(SCC(=O)Nc2ccccc2)N1. The molecule has 4 rings (SSSR count). The van der Waals surface area contributed by atoms with Gasteiger partial charge < -0.3 is 21.4 Å². The Morgan fingerprint density at radius 3 is 2.74 bits per heavy atom. The van der Waals surface area contributed by atoms with E-state index in [0.717, 1.165) is 22.2 Å². The van der Waals surface area contributed by atoms with E-state index < -0.39 is 6.17 Å². The molecule has 1 atom stereocenters. The number of anilines is 1. The lowest BCUT2D eigenvalue weighted by molar-refractivity contribution is -0.113. The molecular weight excluding hydrogens is 360 g/mol. The number of hydrogen-bond acceptors (Lipinski definition) is 6. The van der Waals surface area contributed by atoms with E-state index in [0.29, 0.717) is 5.17 Å². The first-order valence-electron chi connectivity index (χ1n) is 8.41. The minimum Gasteiger partial charge on any atom is -0.370 e. The van der Waals surface area contributed by atoms with Crippen molar-refractivity contribution in [3.8, 4) is 0 Å². The lowest BCUT2D eigenvalue weighted by atomic mass is 10.1. The van der Waals surface area contributed by atoms with Gasteiger partial charge in [-0.3, -0.25) is 4.79 Å². The second-order valence-corrected chi connectivity index (χ2v) is 6.90. The second kappa shape index (κ2) is 7.55. The highest BCUT2D eigenvalue weighted by Crippen LogP contribution is 2.29. The van der Waals surface area contributed by atoms with Crippen LogP contribution in [0.5, 0.6) is 0 Å². The van der Waals surface area contributed by atoms with Crippen molar-refractivity contribution in [3.05, 3.63) is 66.4 Å². The van der Waals surface area contributed by atoms with Gasteiger partial charge in [-0.1, -0.05) is 48.2 Å². The highest BCUT2D eigenvalue weighted by Gasteiger charge is 2.20. The summed E-state index contributed by atoms with van der Waals surface area (Å²) in [6, 6.07) is 17.3. The zero-order chi connectivity index (χ0) is 18.6. The molecule has 2 heterocycles. The number of carbonyl (C=O) groups excluding carboxylic acids is 1. The zero-order valence-electron chi connectivity index (χ0n) is 14.3. The molecule has 8 heteroatoms. The van der Waals surface area contributed by atoms with Crippen molar-refractivity contribution in [2.24, 2.45) is 15.7 Å². The van der Waals surface area contributed by atoms with Gasteiger partial charge in [0.1, 0.15) is 0 Å². The smallest absolute Gasteiger partial charge is 0.234 e. The van der Waals surface area contributed by atoms with Gasteiger partial charge in [0.15, 0.2) is 17.3 Å². The number of rotatable bonds is 4. The van der Waals surface area contributed by atoms with Crippen molar-refractivity contribution in [1.82, 2.24) is 10.3 Å². The number of nitrogens with zero attached hydrogens (tertiary/aromatic N) is 2. The van der Waals surface area contributed by atoms with Crippen LogP contribution in [0.2, 0.25) is 0 Å². The third kappa shape index (κ3) is 3.95. The molecule has 7 nitrogen and oxygen atoms in total. The molecule has 0 spiro atoms. The van der Waals surface area contributed by atoms with Crippen LogP contribution < -0.4 is 16.4 Å². The number of aromatic amines is 1. The fraction of sp³-hybridized carbons (Fsp3) is 0.105. The van der Waals surface area contributed by atoms with Crippen LogP contribution in [0.4, 0.5) is 5.69 Å². The van der Waals surface area contributed by atoms with Gasteiger partial charge in [-0.15, -0.1) is 0 Å². The maximum atomic E-state index is 12.1. The molecule has 1 amide bonds. The molecule has 2 aromatic carbocycles. The Balaban J connectivity index is 1.46. The van der Waals surface area contributed by atoms with E-state index >= 15 is 0 Å². The van der Waals surface area contributed by atoms with E-state index in [1.165, 1.54) is 11.8 Å². The van der Waals surface area contributed by atoms with Crippen LogP contribution in [0.1, 0.15) is 11.7 Å². The molecule has 0 radical (unpaired) electrons. The summed E-state index contributed by atoms with van der Waals surface area (Å²) in [5.41, 5.74) is 8.66. The Morgan fingerprint density at radius 2 is 1.89 bits per heavy atom. The number of hydrogen-bond donors (Lipinski definition) is 4. The summed E-state index contributed by atoms with van der Waals surface area (Å²) in [5, 5.41) is 7.39. The Hall–Kier alpha value is -3.26. The van der Waals surface area contributed by atoms with Gasteiger partial charge in [-0.05, 0) is 18.2 Å². The first-order chi connectivity index (χ1) is 13.2. The fourth-order valence-corrected chi connectivity index (χ4v) is 3.51. The van der Waals surface area contributed by atoms with Crippen LogP contribution in [0, 0.1) is 0 Å². The van der Waals surface area contributed by atoms with Crippen molar-refractivity contribution in [1.29, 1.82) is 0 Å². The number of amides is 1. The predicted molar refractivity (Wildman–Crippen MR) is 111 cm³/mol.